The Morgan fingerprint density at radius 3 is 2.91 bits per heavy atom. The van der Waals surface area contributed by atoms with Gasteiger partial charge in [0.1, 0.15) is 5.69 Å². The van der Waals surface area contributed by atoms with Gasteiger partial charge in [-0.2, -0.15) is 5.10 Å². The summed E-state index contributed by atoms with van der Waals surface area (Å²) in [5.74, 6) is -0.0320. The molecule has 3 rings (SSSR count). The Morgan fingerprint density at radius 2 is 2.36 bits per heavy atom. The zero-order valence-electron chi connectivity index (χ0n) is 13.0. The Hall–Kier alpha value is -2.04. The lowest BCUT2D eigenvalue weighted by Gasteiger charge is -2.25. The van der Waals surface area contributed by atoms with Gasteiger partial charge < -0.3 is 9.84 Å². The Bertz CT molecular complexity index is 632. The molecule has 5 heteroatoms. The zero-order valence-corrected chi connectivity index (χ0v) is 13.0. The second-order valence-corrected chi connectivity index (χ2v) is 6.21. The first-order valence-corrected chi connectivity index (χ1v) is 7.80. The highest BCUT2D eigenvalue weighted by Crippen LogP contribution is 2.60. The van der Waals surface area contributed by atoms with Crippen molar-refractivity contribution < 1.29 is 14.6 Å². The van der Waals surface area contributed by atoms with Gasteiger partial charge in [-0.1, -0.05) is 24.3 Å². The third-order valence-corrected chi connectivity index (χ3v) is 4.86. The smallest absolute Gasteiger partial charge is 0.307 e. The van der Waals surface area contributed by atoms with Crippen molar-refractivity contribution >= 4 is 5.97 Å². The van der Waals surface area contributed by atoms with Crippen molar-refractivity contribution in [2.24, 2.45) is 17.3 Å². The lowest BCUT2D eigenvalue weighted by Crippen LogP contribution is -2.27. The first kappa shape index (κ1) is 14.9. The van der Waals surface area contributed by atoms with E-state index in [1.54, 1.807) is 0 Å². The summed E-state index contributed by atoms with van der Waals surface area (Å²) in [5, 5.41) is 13.8. The maximum Gasteiger partial charge on any atom is 0.307 e. The number of allylic oxidation sites excluding steroid dienone is 4. The van der Waals surface area contributed by atoms with Crippen LogP contribution in [0.4, 0.5) is 0 Å². The molecule has 1 fully saturated rings. The van der Waals surface area contributed by atoms with E-state index < -0.39 is 5.97 Å². The number of hydrogen-bond donors (Lipinski definition) is 1. The number of carboxylic acids is 1. The largest absolute Gasteiger partial charge is 0.489 e. The fourth-order valence-corrected chi connectivity index (χ4v) is 3.35. The number of carboxylic acid groups (broad SMARTS) is 1. The van der Waals surface area contributed by atoms with E-state index >= 15 is 0 Å². The van der Waals surface area contributed by atoms with Crippen LogP contribution in [0.3, 0.4) is 0 Å². The van der Waals surface area contributed by atoms with Gasteiger partial charge in [0.25, 0.3) is 0 Å². The molecule has 1 aromatic heterocycles. The quantitative estimate of drug-likeness (QED) is 0.877. The third kappa shape index (κ3) is 2.56. The van der Waals surface area contributed by atoms with Crippen molar-refractivity contribution in [2.45, 2.75) is 33.2 Å². The molecule has 0 amide bonds. The van der Waals surface area contributed by atoms with Crippen LogP contribution in [0.25, 0.3) is 0 Å². The number of hydrogen-bond acceptors (Lipinski definition) is 3. The van der Waals surface area contributed by atoms with E-state index in [0.29, 0.717) is 13.0 Å². The zero-order chi connectivity index (χ0) is 15.7. The van der Waals surface area contributed by atoms with Gasteiger partial charge in [0, 0.05) is 12.0 Å². The van der Waals surface area contributed by atoms with E-state index in [4.69, 9.17) is 4.74 Å². The lowest BCUT2D eigenvalue weighted by atomic mass is 9.82. The van der Waals surface area contributed by atoms with E-state index in [2.05, 4.69) is 17.3 Å². The minimum absolute atomic E-state index is 0.236. The predicted octanol–water partition coefficient (Wildman–Crippen LogP) is 2.81. The van der Waals surface area contributed by atoms with Crippen LogP contribution in [0.5, 0.6) is 5.75 Å². The molecule has 2 aliphatic rings. The molecule has 3 atom stereocenters. The van der Waals surface area contributed by atoms with Crippen molar-refractivity contribution in [3.8, 4) is 5.75 Å². The van der Waals surface area contributed by atoms with Gasteiger partial charge in [-0.3, -0.25) is 9.48 Å². The molecule has 0 bridgehead atoms. The maximum absolute atomic E-state index is 11.4. The molecule has 0 saturated heterocycles. The summed E-state index contributed by atoms with van der Waals surface area (Å²) in [6.07, 6.45) is 11.7. The summed E-state index contributed by atoms with van der Waals surface area (Å²) in [6.45, 7) is 5.17. The van der Waals surface area contributed by atoms with Crippen LogP contribution < -0.4 is 4.74 Å². The van der Waals surface area contributed by atoms with Crippen molar-refractivity contribution in [2.75, 3.05) is 6.61 Å². The predicted molar refractivity (Wildman–Crippen MR) is 82.7 cm³/mol. The molecule has 1 saturated carbocycles. The first-order valence-electron chi connectivity index (χ1n) is 7.80. The molecule has 1 aromatic rings. The van der Waals surface area contributed by atoms with Gasteiger partial charge in [-0.05, 0) is 32.6 Å². The molecular formula is C17H22N2O3. The Labute approximate surface area is 130 Å². The molecule has 22 heavy (non-hydrogen) atoms. The highest BCUT2D eigenvalue weighted by Gasteiger charge is 2.62. The van der Waals surface area contributed by atoms with Crippen LogP contribution in [0, 0.1) is 24.2 Å². The van der Waals surface area contributed by atoms with E-state index in [1.165, 1.54) is 0 Å². The number of aryl methyl sites for hydroxylation is 2. The third-order valence-electron chi connectivity index (χ3n) is 4.86. The highest BCUT2D eigenvalue weighted by molar-refractivity contribution is 5.75. The number of aliphatic carboxylic acids is 1. The van der Waals surface area contributed by atoms with Crippen LogP contribution in [0.1, 0.15) is 25.5 Å². The molecule has 0 aliphatic heterocycles. The summed E-state index contributed by atoms with van der Waals surface area (Å²) in [5.41, 5.74) is 0.567. The Kier molecular flexibility index (Phi) is 3.81. The van der Waals surface area contributed by atoms with E-state index in [0.717, 1.165) is 24.4 Å². The molecule has 2 aliphatic carbocycles. The van der Waals surface area contributed by atoms with Crippen molar-refractivity contribution in [1.82, 2.24) is 9.78 Å². The van der Waals surface area contributed by atoms with Crippen LogP contribution in [-0.4, -0.2) is 27.5 Å². The first-order chi connectivity index (χ1) is 10.6. The van der Waals surface area contributed by atoms with Crippen molar-refractivity contribution in [1.29, 1.82) is 0 Å². The second-order valence-electron chi connectivity index (χ2n) is 6.21. The fourth-order valence-electron chi connectivity index (χ4n) is 3.35. The molecule has 1 N–H and O–H groups in total. The number of carbonyl (C=O) groups is 1. The van der Waals surface area contributed by atoms with Crippen molar-refractivity contribution in [3.05, 3.63) is 36.2 Å². The average Bonchev–Trinajstić information content (AvgIpc) is 3.17. The molecule has 118 valence electrons. The topological polar surface area (TPSA) is 64.3 Å². The minimum atomic E-state index is -0.715. The van der Waals surface area contributed by atoms with Crippen LogP contribution in [0.2, 0.25) is 0 Å². The number of rotatable bonds is 6. The average molecular weight is 302 g/mol. The van der Waals surface area contributed by atoms with Crippen LogP contribution in [0.15, 0.2) is 30.5 Å². The van der Waals surface area contributed by atoms with Gasteiger partial charge in [0.05, 0.1) is 18.7 Å². The van der Waals surface area contributed by atoms with Gasteiger partial charge >= 0.3 is 5.97 Å². The molecule has 0 spiro atoms. The summed E-state index contributed by atoms with van der Waals surface area (Å²) in [6, 6.07) is 0. The van der Waals surface area contributed by atoms with E-state index in [-0.39, 0.29) is 17.3 Å². The van der Waals surface area contributed by atoms with E-state index in [9.17, 15) is 9.90 Å². The summed E-state index contributed by atoms with van der Waals surface area (Å²) in [7, 11) is 0. The second kappa shape index (κ2) is 5.63. The Morgan fingerprint density at radius 1 is 1.55 bits per heavy atom. The van der Waals surface area contributed by atoms with Crippen LogP contribution in [-0.2, 0) is 11.3 Å². The number of aromatic nitrogens is 2. The number of nitrogens with zero attached hydrogens (tertiary/aromatic N) is 2. The maximum atomic E-state index is 11.4. The fraction of sp³-hybridized carbons (Fsp3) is 0.529. The van der Waals surface area contributed by atoms with Crippen molar-refractivity contribution in [3.63, 3.8) is 0 Å². The highest BCUT2D eigenvalue weighted by atomic mass is 16.5. The van der Waals surface area contributed by atoms with Crippen LogP contribution >= 0.6 is 0 Å². The molecule has 1 heterocycles. The van der Waals surface area contributed by atoms with Gasteiger partial charge in [-0.25, -0.2) is 0 Å². The monoisotopic (exact) mass is 302 g/mol. The minimum Gasteiger partial charge on any atom is -0.489 e. The van der Waals surface area contributed by atoms with E-state index in [1.807, 2.05) is 36.9 Å². The summed E-state index contributed by atoms with van der Waals surface area (Å²) >= 11 is 0. The normalized spacial score (nSPS) is 29.5. The molecule has 0 aromatic carbocycles. The summed E-state index contributed by atoms with van der Waals surface area (Å²) < 4.78 is 7.81. The van der Waals surface area contributed by atoms with Gasteiger partial charge in [0.15, 0.2) is 5.75 Å². The summed E-state index contributed by atoms with van der Waals surface area (Å²) in [4.78, 5) is 11.4. The SMILES string of the molecule is CCn1cc(OC[C@@]2(C3C=CC=CC3)C[C@H]2C(=O)O)c(C)n1. The van der Waals surface area contributed by atoms with Gasteiger partial charge in [-0.15, -0.1) is 0 Å². The molecular weight excluding hydrogens is 280 g/mol. The van der Waals surface area contributed by atoms with Gasteiger partial charge in [0.2, 0.25) is 0 Å². The standard InChI is InChI=1S/C17H22N2O3/c1-3-19-10-15(12(2)18-19)22-11-17(9-14(17)16(20)21)13-7-5-4-6-8-13/h4-7,10,13-14H,3,8-9,11H2,1-2H3,(H,20,21)/t13?,14-,17+/m0/s1. The number of ether oxygens (including phenoxy) is 1. The Balaban J connectivity index is 1.74. The molecule has 1 unspecified atom stereocenters. The lowest BCUT2D eigenvalue weighted by molar-refractivity contribution is -0.140. The molecule has 0 radical (unpaired) electrons. The molecule has 5 nitrogen and oxygen atoms in total.